The van der Waals surface area contributed by atoms with E-state index in [1.165, 1.54) is 0 Å². The Morgan fingerprint density at radius 3 is 2.54 bits per heavy atom. The van der Waals surface area contributed by atoms with Crippen molar-refractivity contribution >= 4 is 11.8 Å². The van der Waals surface area contributed by atoms with E-state index in [1.54, 1.807) is 0 Å². The highest BCUT2D eigenvalue weighted by Crippen LogP contribution is 2.25. The van der Waals surface area contributed by atoms with Gasteiger partial charge in [-0.15, -0.1) is 5.73 Å². The van der Waals surface area contributed by atoms with E-state index in [0.29, 0.717) is 25.1 Å². The minimum absolute atomic E-state index is 0.0136. The van der Waals surface area contributed by atoms with E-state index in [9.17, 15) is 4.79 Å². The normalized spacial score (nSPS) is 17.8. The van der Waals surface area contributed by atoms with Crippen LogP contribution in [0, 0.1) is 0 Å². The molecule has 0 radical (unpaired) electrons. The molecule has 0 saturated carbocycles. The molecule has 0 spiro atoms. The fourth-order valence-electron chi connectivity index (χ4n) is 3.72. The maximum absolute atomic E-state index is 12.8. The Labute approximate surface area is 213 Å². The molecule has 35 heavy (non-hydrogen) atoms. The van der Waals surface area contributed by atoms with Gasteiger partial charge < -0.3 is 15.4 Å². The monoisotopic (exact) mass is 481 g/mol. The molecule has 1 rings (SSSR count). The van der Waals surface area contributed by atoms with Gasteiger partial charge in [0.25, 0.3) is 0 Å². The summed E-state index contributed by atoms with van der Waals surface area (Å²) in [6, 6.07) is 0.0136. The fraction of sp³-hybridized carbons (Fsp3) is 0.567. The van der Waals surface area contributed by atoms with Gasteiger partial charge in [0.1, 0.15) is 5.60 Å². The Kier molecular flexibility index (Phi) is 12.1. The standard InChI is InChI=1S/C30H47N3O2/c1-11-18-33(29(34)35-30(8,9)10)24(7)17-16-23(6)26(19-21(3)4)32-27-20-22(5)14-13-15-25(12-2)28(27)31/h13,19,24H,5-6,11-12,14,16-18,20,31H2,1-4,7-10H3/b28-27-,32-26?/t15?,24-/m0/s1. The lowest BCUT2D eigenvalue weighted by molar-refractivity contribution is 0.0169. The molecule has 0 saturated heterocycles. The number of aliphatic imine (C=N–C) groups is 1. The number of nitrogens with zero attached hydrogens (tertiary/aromatic N) is 2. The molecule has 0 aromatic carbocycles. The molecule has 0 bridgehead atoms. The molecule has 2 N–H and O–H groups in total. The number of carbonyl (C=O) groups is 1. The van der Waals surface area contributed by atoms with Crippen molar-refractivity contribution in [2.24, 2.45) is 10.7 Å². The van der Waals surface area contributed by atoms with Gasteiger partial charge in [0.05, 0.1) is 17.1 Å². The second-order valence-electron chi connectivity index (χ2n) is 10.6. The van der Waals surface area contributed by atoms with Gasteiger partial charge in [-0.05, 0) is 91.4 Å². The van der Waals surface area contributed by atoms with Crippen molar-refractivity contribution in [3.63, 3.8) is 0 Å². The van der Waals surface area contributed by atoms with Crippen LogP contribution in [-0.2, 0) is 4.74 Å². The van der Waals surface area contributed by atoms with Crippen LogP contribution in [0.25, 0.3) is 0 Å². The first kappa shape index (κ1) is 30.3. The van der Waals surface area contributed by atoms with Gasteiger partial charge in [0.2, 0.25) is 0 Å². The summed E-state index contributed by atoms with van der Waals surface area (Å²) in [5.74, 6) is 0. The second-order valence-corrected chi connectivity index (χ2v) is 10.6. The van der Waals surface area contributed by atoms with Crippen molar-refractivity contribution in [3.8, 4) is 0 Å². The zero-order valence-electron chi connectivity index (χ0n) is 23.4. The van der Waals surface area contributed by atoms with Crippen LogP contribution in [0.3, 0.4) is 0 Å². The smallest absolute Gasteiger partial charge is 0.410 e. The molecule has 1 aliphatic rings. The number of allylic oxidation sites excluding steroid dienone is 5. The van der Waals surface area contributed by atoms with Gasteiger partial charge in [-0.1, -0.05) is 38.2 Å². The molecule has 0 fully saturated rings. The van der Waals surface area contributed by atoms with Crippen LogP contribution in [0.15, 0.2) is 69.7 Å². The van der Waals surface area contributed by atoms with E-state index < -0.39 is 5.60 Å². The Hall–Kier alpha value is -2.78. The first-order valence-electron chi connectivity index (χ1n) is 12.8. The molecule has 0 unspecified atom stereocenters. The van der Waals surface area contributed by atoms with E-state index in [4.69, 9.17) is 15.5 Å². The molecule has 1 atom stereocenters. The summed E-state index contributed by atoms with van der Waals surface area (Å²) in [6.07, 6.45) is 8.31. The summed E-state index contributed by atoms with van der Waals surface area (Å²) in [7, 11) is 0. The molecule has 1 aliphatic carbocycles. The molecule has 0 aromatic rings. The van der Waals surface area contributed by atoms with Gasteiger partial charge in [0.15, 0.2) is 0 Å². The fourth-order valence-corrected chi connectivity index (χ4v) is 3.72. The molecular formula is C30H47N3O2. The Balaban J connectivity index is 3.19. The van der Waals surface area contributed by atoms with Crippen LogP contribution < -0.4 is 5.73 Å². The molecule has 194 valence electrons. The van der Waals surface area contributed by atoms with Crippen molar-refractivity contribution < 1.29 is 9.53 Å². The summed E-state index contributed by atoms with van der Waals surface area (Å²) >= 11 is 0. The van der Waals surface area contributed by atoms with Crippen molar-refractivity contribution in [2.75, 3.05) is 6.54 Å². The largest absolute Gasteiger partial charge is 0.444 e. The first-order chi connectivity index (χ1) is 16.3. The zero-order valence-corrected chi connectivity index (χ0v) is 23.4. The van der Waals surface area contributed by atoms with Gasteiger partial charge >= 0.3 is 6.09 Å². The van der Waals surface area contributed by atoms with Crippen molar-refractivity contribution in [3.05, 3.63) is 64.7 Å². The lowest BCUT2D eigenvalue weighted by atomic mass is 9.98. The molecule has 0 aromatic heterocycles. The average molecular weight is 482 g/mol. The van der Waals surface area contributed by atoms with Crippen molar-refractivity contribution in [1.82, 2.24) is 4.90 Å². The Morgan fingerprint density at radius 1 is 1.34 bits per heavy atom. The van der Waals surface area contributed by atoms with Crippen LogP contribution in [0.2, 0.25) is 0 Å². The van der Waals surface area contributed by atoms with E-state index in [1.807, 2.05) is 45.6 Å². The number of hydrogen-bond acceptors (Lipinski definition) is 4. The Morgan fingerprint density at radius 2 is 2.00 bits per heavy atom. The van der Waals surface area contributed by atoms with Crippen LogP contribution >= 0.6 is 0 Å². The molecule has 0 aliphatic heterocycles. The number of hydrogen-bond donors (Lipinski definition) is 1. The van der Waals surface area contributed by atoms with E-state index in [0.717, 1.165) is 59.4 Å². The third-order valence-electron chi connectivity index (χ3n) is 5.61. The minimum Gasteiger partial charge on any atom is -0.444 e. The summed E-state index contributed by atoms with van der Waals surface area (Å²) < 4.78 is 5.64. The molecular weight excluding hydrogens is 434 g/mol. The molecule has 0 heterocycles. The number of amides is 1. The highest BCUT2D eigenvalue weighted by atomic mass is 16.6. The summed E-state index contributed by atoms with van der Waals surface area (Å²) in [5, 5.41) is 0. The summed E-state index contributed by atoms with van der Waals surface area (Å²) in [6.45, 7) is 25.2. The maximum Gasteiger partial charge on any atom is 0.410 e. The summed E-state index contributed by atoms with van der Waals surface area (Å²) in [5.41, 5.74) is 15.7. The number of carbonyl (C=O) groups excluding carboxylic acids is 1. The lowest BCUT2D eigenvalue weighted by Crippen LogP contribution is -2.42. The van der Waals surface area contributed by atoms with Crippen LogP contribution in [-0.4, -0.2) is 34.9 Å². The maximum atomic E-state index is 12.8. The summed E-state index contributed by atoms with van der Waals surface area (Å²) in [4.78, 5) is 19.6. The second kappa shape index (κ2) is 13.9. The lowest BCUT2D eigenvalue weighted by Gasteiger charge is -2.31. The van der Waals surface area contributed by atoms with Gasteiger partial charge in [-0.25, -0.2) is 4.79 Å². The predicted molar refractivity (Wildman–Crippen MR) is 149 cm³/mol. The van der Waals surface area contributed by atoms with Crippen molar-refractivity contribution in [2.45, 2.75) is 106 Å². The van der Waals surface area contributed by atoms with Gasteiger partial charge in [0, 0.05) is 24.6 Å². The highest BCUT2D eigenvalue weighted by molar-refractivity contribution is 6.08. The quantitative estimate of drug-likeness (QED) is 0.197. The van der Waals surface area contributed by atoms with Crippen LogP contribution in [0.1, 0.15) is 93.9 Å². The van der Waals surface area contributed by atoms with Gasteiger partial charge in [-0.3, -0.25) is 4.99 Å². The number of ether oxygens (including phenoxy) is 1. The van der Waals surface area contributed by atoms with Gasteiger partial charge in [-0.2, -0.15) is 0 Å². The number of nitrogens with two attached hydrogens (primary N) is 1. The Bertz CT molecular complexity index is 947. The third kappa shape index (κ3) is 10.6. The molecule has 5 heteroatoms. The molecule has 5 nitrogen and oxygen atoms in total. The minimum atomic E-state index is -0.522. The van der Waals surface area contributed by atoms with E-state index in [-0.39, 0.29) is 12.1 Å². The first-order valence-corrected chi connectivity index (χ1v) is 12.8. The van der Waals surface area contributed by atoms with Crippen LogP contribution in [0.4, 0.5) is 4.79 Å². The van der Waals surface area contributed by atoms with E-state index in [2.05, 4.69) is 45.7 Å². The predicted octanol–water partition coefficient (Wildman–Crippen LogP) is 7.78. The van der Waals surface area contributed by atoms with E-state index >= 15 is 0 Å². The SMILES string of the molecule is C=C1CC=C=C(CC)/C(N)=C(/N=C(C=C(C)C)C(=C)CC[C@H](C)N(CCC)C(=O)OC(C)(C)C)C1. The van der Waals surface area contributed by atoms with Crippen molar-refractivity contribution in [1.29, 1.82) is 0 Å². The molecule has 1 amide bonds. The third-order valence-corrected chi connectivity index (χ3v) is 5.61. The van der Waals surface area contributed by atoms with Crippen LogP contribution in [0.5, 0.6) is 0 Å². The topological polar surface area (TPSA) is 67.9 Å². The number of rotatable bonds is 10. The highest BCUT2D eigenvalue weighted by Gasteiger charge is 2.25. The zero-order chi connectivity index (χ0) is 26.8. The average Bonchev–Trinajstić information content (AvgIpc) is 2.74.